The lowest BCUT2D eigenvalue weighted by molar-refractivity contribution is 0.0600. The second-order valence-electron chi connectivity index (χ2n) is 5.13. The average molecular weight is 256 g/mol. The van der Waals surface area contributed by atoms with Crippen molar-refractivity contribution in [1.29, 1.82) is 5.26 Å². The van der Waals surface area contributed by atoms with E-state index in [1.165, 1.54) is 6.42 Å². The number of amides is 1. The summed E-state index contributed by atoms with van der Waals surface area (Å²) in [5.41, 5.74) is 1.19. The molecule has 3 nitrogen and oxygen atoms in total. The smallest absolute Gasteiger partial charge is 0.254 e. The molecule has 1 aliphatic rings. The Morgan fingerprint density at radius 3 is 3.05 bits per heavy atom. The third kappa shape index (κ3) is 3.14. The van der Waals surface area contributed by atoms with Crippen LogP contribution in [0.3, 0.4) is 0 Å². The highest BCUT2D eigenvalue weighted by Crippen LogP contribution is 2.23. The summed E-state index contributed by atoms with van der Waals surface area (Å²) in [6.45, 7) is 3.01. The van der Waals surface area contributed by atoms with Gasteiger partial charge in [0.1, 0.15) is 0 Å². The fourth-order valence-electron chi connectivity index (χ4n) is 2.79. The summed E-state index contributed by atoms with van der Waals surface area (Å²) < 4.78 is 0. The molecule has 1 aliphatic heterocycles. The van der Waals surface area contributed by atoms with Crippen LogP contribution in [-0.2, 0) is 0 Å². The normalized spacial score (nSPS) is 18.9. The van der Waals surface area contributed by atoms with Crippen LogP contribution in [0.5, 0.6) is 0 Å². The van der Waals surface area contributed by atoms with Gasteiger partial charge in [0.25, 0.3) is 5.91 Å². The molecule has 100 valence electrons. The van der Waals surface area contributed by atoms with E-state index >= 15 is 0 Å². The first kappa shape index (κ1) is 13.6. The first-order valence-electron chi connectivity index (χ1n) is 7.07. The lowest BCUT2D eigenvalue weighted by atomic mass is 9.97. The van der Waals surface area contributed by atoms with Gasteiger partial charge in [0.15, 0.2) is 0 Å². The summed E-state index contributed by atoms with van der Waals surface area (Å²) in [5.74, 6) is 0.0789. The average Bonchev–Trinajstić information content (AvgIpc) is 2.47. The number of nitriles is 1. The first-order valence-corrected chi connectivity index (χ1v) is 7.07. The lowest BCUT2D eigenvalue weighted by Gasteiger charge is -2.36. The third-order valence-electron chi connectivity index (χ3n) is 3.75. The largest absolute Gasteiger partial charge is 0.336 e. The summed E-state index contributed by atoms with van der Waals surface area (Å²) in [6, 6.07) is 9.48. The minimum absolute atomic E-state index is 0.0789. The molecular formula is C16H20N2O. The molecule has 0 radical (unpaired) electrons. The number of benzene rings is 1. The highest BCUT2D eigenvalue weighted by molar-refractivity contribution is 5.94. The molecular weight excluding hydrogens is 236 g/mol. The van der Waals surface area contributed by atoms with Crippen molar-refractivity contribution in [2.24, 2.45) is 0 Å². The fraction of sp³-hybridized carbons (Fsp3) is 0.500. The van der Waals surface area contributed by atoms with Crippen molar-refractivity contribution in [2.75, 3.05) is 6.54 Å². The Morgan fingerprint density at radius 2 is 2.32 bits per heavy atom. The second-order valence-corrected chi connectivity index (χ2v) is 5.13. The molecule has 1 aromatic carbocycles. The second kappa shape index (κ2) is 6.38. The zero-order chi connectivity index (χ0) is 13.7. The van der Waals surface area contributed by atoms with E-state index in [1.807, 2.05) is 4.90 Å². The highest BCUT2D eigenvalue weighted by atomic mass is 16.2. The van der Waals surface area contributed by atoms with Gasteiger partial charge in [-0.15, -0.1) is 0 Å². The van der Waals surface area contributed by atoms with Gasteiger partial charge in [-0.25, -0.2) is 0 Å². The number of carbonyl (C=O) groups is 1. The van der Waals surface area contributed by atoms with Crippen LogP contribution < -0.4 is 0 Å². The van der Waals surface area contributed by atoms with Crippen LogP contribution in [0.25, 0.3) is 0 Å². The SMILES string of the molecule is CCCC1CCCCN1C(=O)c1cccc(C#N)c1. The van der Waals surface area contributed by atoms with E-state index in [2.05, 4.69) is 13.0 Å². The molecule has 1 amide bonds. The van der Waals surface area contributed by atoms with Crippen LogP contribution >= 0.6 is 0 Å². The molecule has 0 aromatic heterocycles. The molecule has 0 saturated carbocycles. The van der Waals surface area contributed by atoms with Crippen molar-refractivity contribution < 1.29 is 4.79 Å². The minimum Gasteiger partial charge on any atom is -0.336 e. The molecule has 1 unspecified atom stereocenters. The molecule has 1 saturated heterocycles. The quantitative estimate of drug-likeness (QED) is 0.832. The van der Waals surface area contributed by atoms with Crippen LogP contribution in [0.15, 0.2) is 24.3 Å². The van der Waals surface area contributed by atoms with Crippen molar-refractivity contribution in [3.05, 3.63) is 35.4 Å². The van der Waals surface area contributed by atoms with E-state index in [4.69, 9.17) is 5.26 Å². The minimum atomic E-state index is 0.0789. The van der Waals surface area contributed by atoms with Crippen molar-refractivity contribution >= 4 is 5.91 Å². The van der Waals surface area contributed by atoms with Gasteiger partial charge >= 0.3 is 0 Å². The number of hydrogen-bond donors (Lipinski definition) is 0. The summed E-state index contributed by atoms with van der Waals surface area (Å²) in [7, 11) is 0. The Balaban J connectivity index is 2.18. The zero-order valence-corrected chi connectivity index (χ0v) is 11.4. The van der Waals surface area contributed by atoms with Crippen LogP contribution in [0.1, 0.15) is 54.9 Å². The summed E-state index contributed by atoms with van der Waals surface area (Å²) in [6.07, 6.45) is 5.59. The van der Waals surface area contributed by atoms with E-state index < -0.39 is 0 Å². The van der Waals surface area contributed by atoms with E-state index in [9.17, 15) is 4.79 Å². The molecule has 1 atom stereocenters. The molecule has 1 aromatic rings. The monoisotopic (exact) mass is 256 g/mol. The van der Waals surface area contributed by atoms with Gasteiger partial charge in [-0.2, -0.15) is 5.26 Å². The van der Waals surface area contributed by atoms with Crippen molar-refractivity contribution in [2.45, 2.75) is 45.1 Å². The Kier molecular flexibility index (Phi) is 4.57. The molecule has 2 rings (SSSR count). The lowest BCUT2D eigenvalue weighted by Crippen LogP contribution is -2.43. The van der Waals surface area contributed by atoms with E-state index in [1.54, 1.807) is 24.3 Å². The van der Waals surface area contributed by atoms with Crippen LogP contribution in [0.4, 0.5) is 0 Å². The van der Waals surface area contributed by atoms with Crippen molar-refractivity contribution in [1.82, 2.24) is 4.90 Å². The first-order chi connectivity index (χ1) is 9.26. The van der Waals surface area contributed by atoms with E-state index in [-0.39, 0.29) is 5.91 Å². The number of likely N-dealkylation sites (tertiary alicyclic amines) is 1. The molecule has 3 heteroatoms. The molecule has 0 spiro atoms. The standard InChI is InChI=1S/C16H20N2O/c1-2-6-15-9-3-4-10-18(15)16(19)14-8-5-7-13(11-14)12-17/h5,7-8,11,15H,2-4,6,9-10H2,1H3. The number of hydrogen-bond acceptors (Lipinski definition) is 2. The van der Waals surface area contributed by atoms with E-state index in [0.29, 0.717) is 17.2 Å². The van der Waals surface area contributed by atoms with Crippen LogP contribution in [-0.4, -0.2) is 23.4 Å². The third-order valence-corrected chi connectivity index (χ3v) is 3.75. The number of carbonyl (C=O) groups excluding carboxylic acids is 1. The van der Waals surface area contributed by atoms with Gasteiger partial charge < -0.3 is 4.90 Å². The summed E-state index contributed by atoms with van der Waals surface area (Å²) >= 11 is 0. The Hall–Kier alpha value is -1.82. The summed E-state index contributed by atoms with van der Waals surface area (Å²) in [4.78, 5) is 14.6. The number of rotatable bonds is 3. The van der Waals surface area contributed by atoms with E-state index in [0.717, 1.165) is 32.2 Å². The van der Waals surface area contributed by atoms with Crippen molar-refractivity contribution in [3.8, 4) is 6.07 Å². The molecule has 19 heavy (non-hydrogen) atoms. The predicted octanol–water partition coefficient (Wildman–Crippen LogP) is 3.35. The molecule has 0 aliphatic carbocycles. The highest BCUT2D eigenvalue weighted by Gasteiger charge is 2.26. The maximum atomic E-state index is 12.6. The van der Waals surface area contributed by atoms with Gasteiger partial charge in [-0.05, 0) is 43.9 Å². The molecule has 0 bridgehead atoms. The number of piperidine rings is 1. The summed E-state index contributed by atoms with van der Waals surface area (Å²) in [5, 5.41) is 8.92. The fourth-order valence-corrected chi connectivity index (χ4v) is 2.79. The topological polar surface area (TPSA) is 44.1 Å². The Labute approximate surface area is 114 Å². The van der Waals surface area contributed by atoms with Gasteiger partial charge in [0.2, 0.25) is 0 Å². The maximum absolute atomic E-state index is 12.6. The maximum Gasteiger partial charge on any atom is 0.254 e. The molecule has 1 fully saturated rings. The van der Waals surface area contributed by atoms with Gasteiger partial charge in [-0.1, -0.05) is 19.4 Å². The molecule has 1 heterocycles. The molecule has 0 N–H and O–H groups in total. The number of nitrogens with zero attached hydrogens (tertiary/aromatic N) is 2. The zero-order valence-electron chi connectivity index (χ0n) is 11.4. The van der Waals surface area contributed by atoms with Crippen molar-refractivity contribution in [3.63, 3.8) is 0 Å². The van der Waals surface area contributed by atoms with Gasteiger partial charge in [0.05, 0.1) is 11.6 Å². The predicted molar refractivity (Wildman–Crippen MR) is 74.7 cm³/mol. The van der Waals surface area contributed by atoms with Crippen LogP contribution in [0, 0.1) is 11.3 Å². The van der Waals surface area contributed by atoms with Gasteiger partial charge in [0, 0.05) is 18.2 Å². The Morgan fingerprint density at radius 1 is 1.47 bits per heavy atom. The Bertz CT molecular complexity index is 488. The van der Waals surface area contributed by atoms with Crippen LogP contribution in [0.2, 0.25) is 0 Å². The van der Waals surface area contributed by atoms with Gasteiger partial charge in [-0.3, -0.25) is 4.79 Å².